The average molecular weight is 328 g/mol. The van der Waals surface area contributed by atoms with Crippen molar-refractivity contribution in [3.05, 3.63) is 23.7 Å². The molecule has 23 heavy (non-hydrogen) atoms. The molecular formula is C16H20N6S. The van der Waals surface area contributed by atoms with Gasteiger partial charge in [-0.15, -0.1) is 5.10 Å². The van der Waals surface area contributed by atoms with Gasteiger partial charge in [0, 0.05) is 48.9 Å². The number of nitrogens with one attached hydrogen (secondary N) is 1. The monoisotopic (exact) mass is 328 g/mol. The van der Waals surface area contributed by atoms with Crippen molar-refractivity contribution < 1.29 is 0 Å². The Labute approximate surface area is 139 Å². The summed E-state index contributed by atoms with van der Waals surface area (Å²) in [7, 11) is 0. The van der Waals surface area contributed by atoms with Gasteiger partial charge in [-0.2, -0.15) is 9.47 Å². The lowest BCUT2D eigenvalue weighted by Gasteiger charge is -2.39. The Bertz CT molecular complexity index is 685. The molecular weight excluding hydrogens is 308 g/mol. The molecule has 0 amide bonds. The first-order chi connectivity index (χ1) is 11.3. The summed E-state index contributed by atoms with van der Waals surface area (Å²) in [6, 6.07) is 4.27. The van der Waals surface area contributed by atoms with Crippen molar-refractivity contribution in [2.24, 2.45) is 5.92 Å². The molecule has 6 nitrogen and oxygen atoms in total. The quantitative estimate of drug-likeness (QED) is 0.879. The number of aromatic nitrogens is 4. The van der Waals surface area contributed by atoms with Crippen molar-refractivity contribution in [2.45, 2.75) is 37.5 Å². The minimum Gasteiger partial charge on any atom is -0.360 e. The molecule has 0 aromatic carbocycles. The van der Waals surface area contributed by atoms with E-state index in [1.807, 2.05) is 0 Å². The smallest absolute Gasteiger partial charge is 0.202 e. The van der Waals surface area contributed by atoms with Crippen LogP contribution in [0, 0.1) is 5.92 Å². The van der Waals surface area contributed by atoms with Gasteiger partial charge < -0.3 is 10.2 Å². The zero-order valence-corrected chi connectivity index (χ0v) is 13.8. The van der Waals surface area contributed by atoms with E-state index in [9.17, 15) is 0 Å². The van der Waals surface area contributed by atoms with Crippen molar-refractivity contribution in [2.75, 3.05) is 29.9 Å². The molecule has 3 aliphatic rings. The Kier molecular flexibility index (Phi) is 3.21. The van der Waals surface area contributed by atoms with Crippen LogP contribution in [0.5, 0.6) is 0 Å². The maximum absolute atomic E-state index is 4.57. The van der Waals surface area contributed by atoms with E-state index in [1.54, 1.807) is 0 Å². The molecule has 0 unspecified atom stereocenters. The Morgan fingerprint density at radius 2 is 1.91 bits per heavy atom. The summed E-state index contributed by atoms with van der Waals surface area (Å²) in [5.74, 6) is 4.01. The van der Waals surface area contributed by atoms with Gasteiger partial charge in [-0.05, 0) is 37.8 Å². The van der Waals surface area contributed by atoms with Gasteiger partial charge >= 0.3 is 0 Å². The van der Waals surface area contributed by atoms with E-state index in [2.05, 4.69) is 41.9 Å². The summed E-state index contributed by atoms with van der Waals surface area (Å²) < 4.78 is 4.43. The first kappa shape index (κ1) is 13.7. The summed E-state index contributed by atoms with van der Waals surface area (Å²) in [5.41, 5.74) is 1.16. The molecule has 0 atom stereocenters. The molecule has 2 aromatic rings. The van der Waals surface area contributed by atoms with Gasteiger partial charge in [-0.25, -0.2) is 4.98 Å². The topological polar surface area (TPSA) is 66.8 Å². The van der Waals surface area contributed by atoms with Gasteiger partial charge in [0.15, 0.2) is 5.82 Å². The molecule has 1 N–H and O–H groups in total. The molecule has 1 aliphatic heterocycles. The van der Waals surface area contributed by atoms with Crippen molar-refractivity contribution in [3.8, 4) is 0 Å². The molecule has 7 heteroatoms. The van der Waals surface area contributed by atoms with Crippen LogP contribution < -0.4 is 10.2 Å². The van der Waals surface area contributed by atoms with Gasteiger partial charge in [-0.3, -0.25) is 0 Å². The summed E-state index contributed by atoms with van der Waals surface area (Å²) in [6.07, 6.45) is 5.07. The van der Waals surface area contributed by atoms with Crippen molar-refractivity contribution in [3.63, 3.8) is 0 Å². The minimum absolute atomic E-state index is 0.637. The number of rotatable bonds is 6. The third kappa shape index (κ3) is 2.89. The minimum atomic E-state index is 0.637. The normalized spacial score (nSPS) is 21.3. The fourth-order valence-corrected chi connectivity index (χ4v) is 3.68. The molecule has 2 aliphatic carbocycles. The molecule has 3 fully saturated rings. The third-order valence-electron chi connectivity index (χ3n) is 4.87. The Morgan fingerprint density at radius 3 is 2.61 bits per heavy atom. The first-order valence-electron chi connectivity index (χ1n) is 8.51. The summed E-state index contributed by atoms with van der Waals surface area (Å²) in [4.78, 5) is 6.87. The molecule has 0 radical (unpaired) electrons. The maximum Gasteiger partial charge on any atom is 0.202 e. The van der Waals surface area contributed by atoms with E-state index >= 15 is 0 Å². The summed E-state index contributed by atoms with van der Waals surface area (Å²) in [6.45, 7) is 3.04. The van der Waals surface area contributed by atoms with E-state index in [1.165, 1.54) is 37.2 Å². The van der Waals surface area contributed by atoms with Crippen LogP contribution in [0.3, 0.4) is 0 Å². The van der Waals surface area contributed by atoms with Crippen LogP contribution in [0.15, 0.2) is 12.1 Å². The highest BCUT2D eigenvalue weighted by atomic mass is 32.1. The molecule has 0 bridgehead atoms. The summed E-state index contributed by atoms with van der Waals surface area (Å²) in [5, 5.41) is 13.2. The fraction of sp³-hybridized carbons (Fsp3) is 0.625. The van der Waals surface area contributed by atoms with Crippen LogP contribution in [0.1, 0.15) is 49.0 Å². The lowest BCUT2D eigenvalue weighted by atomic mass is 10.0. The Balaban J connectivity index is 1.10. The molecule has 2 aromatic heterocycles. The van der Waals surface area contributed by atoms with Crippen molar-refractivity contribution >= 4 is 22.5 Å². The van der Waals surface area contributed by atoms with Crippen LogP contribution >= 0.6 is 11.5 Å². The number of hydrogen-bond donors (Lipinski definition) is 1. The van der Waals surface area contributed by atoms with Crippen LogP contribution in [0.25, 0.3) is 0 Å². The van der Waals surface area contributed by atoms with Gasteiger partial charge in [0.2, 0.25) is 5.13 Å². The molecule has 5 rings (SSSR count). The number of anilines is 2. The highest BCUT2D eigenvalue weighted by Crippen LogP contribution is 2.40. The Hall–Kier alpha value is -1.76. The van der Waals surface area contributed by atoms with Crippen LogP contribution in [0.4, 0.5) is 10.9 Å². The second-order valence-electron chi connectivity index (χ2n) is 6.97. The van der Waals surface area contributed by atoms with Crippen molar-refractivity contribution in [1.82, 2.24) is 19.6 Å². The van der Waals surface area contributed by atoms with Crippen molar-refractivity contribution in [1.29, 1.82) is 0 Å². The predicted octanol–water partition coefficient (Wildman–Crippen LogP) is 2.63. The lowest BCUT2D eigenvalue weighted by Crippen LogP contribution is -2.50. The molecule has 3 heterocycles. The van der Waals surface area contributed by atoms with Gasteiger partial charge in [0.05, 0.1) is 5.69 Å². The van der Waals surface area contributed by atoms with Crippen LogP contribution in [-0.4, -0.2) is 39.2 Å². The fourth-order valence-electron chi connectivity index (χ4n) is 3.03. The summed E-state index contributed by atoms with van der Waals surface area (Å²) >= 11 is 1.49. The van der Waals surface area contributed by atoms with E-state index in [4.69, 9.17) is 0 Å². The molecule has 0 spiro atoms. The van der Waals surface area contributed by atoms with E-state index in [-0.39, 0.29) is 0 Å². The highest BCUT2D eigenvalue weighted by molar-refractivity contribution is 7.09. The SMILES string of the molecule is c1cc(N2CC(CNc3nc(C4CC4)ns3)C2)nnc1C1CC1. The number of nitrogens with zero attached hydrogens (tertiary/aromatic N) is 5. The zero-order chi connectivity index (χ0) is 15.2. The van der Waals surface area contributed by atoms with Gasteiger partial charge in [0.25, 0.3) is 0 Å². The van der Waals surface area contributed by atoms with Gasteiger partial charge in [0.1, 0.15) is 5.82 Å². The molecule has 120 valence electrons. The van der Waals surface area contributed by atoms with Gasteiger partial charge in [-0.1, -0.05) is 0 Å². The average Bonchev–Trinajstić information content (AvgIpc) is 3.45. The maximum atomic E-state index is 4.57. The largest absolute Gasteiger partial charge is 0.360 e. The Morgan fingerprint density at radius 1 is 1.09 bits per heavy atom. The second kappa shape index (κ2) is 5.40. The predicted molar refractivity (Wildman–Crippen MR) is 90.1 cm³/mol. The zero-order valence-electron chi connectivity index (χ0n) is 13.0. The van der Waals surface area contributed by atoms with E-state index < -0.39 is 0 Å². The van der Waals surface area contributed by atoms with E-state index in [0.717, 1.165) is 42.1 Å². The second-order valence-corrected chi connectivity index (χ2v) is 7.73. The molecule has 2 saturated carbocycles. The van der Waals surface area contributed by atoms with E-state index in [0.29, 0.717) is 17.8 Å². The highest BCUT2D eigenvalue weighted by Gasteiger charge is 2.30. The standard InChI is InChI=1S/C16H20N6S/c1-2-11(1)13-5-6-14(20-19-13)22-8-10(9-22)7-17-16-18-15(21-23-16)12-3-4-12/h5-6,10-12H,1-4,7-9H2,(H,17,18,21). The number of hydrogen-bond acceptors (Lipinski definition) is 7. The van der Waals surface area contributed by atoms with Crippen LogP contribution in [-0.2, 0) is 0 Å². The third-order valence-corrected chi connectivity index (χ3v) is 5.56. The van der Waals surface area contributed by atoms with Crippen LogP contribution in [0.2, 0.25) is 0 Å². The first-order valence-corrected chi connectivity index (χ1v) is 9.28. The molecule has 1 saturated heterocycles. The lowest BCUT2D eigenvalue weighted by molar-refractivity contribution is 0.425.